The second-order valence-corrected chi connectivity index (χ2v) is 7.37. The van der Waals surface area contributed by atoms with E-state index in [2.05, 4.69) is 64.3 Å². The summed E-state index contributed by atoms with van der Waals surface area (Å²) in [6.45, 7) is 2.68. The van der Waals surface area contributed by atoms with Gasteiger partial charge < -0.3 is 10.6 Å². The summed E-state index contributed by atoms with van der Waals surface area (Å²) < 4.78 is 0. The molecular weight excluding hydrogens is 342 g/mol. The zero-order valence-corrected chi connectivity index (χ0v) is 15.5. The van der Waals surface area contributed by atoms with Crippen LogP contribution >= 0.6 is 11.3 Å². The Labute approximate surface area is 157 Å². The Kier molecular flexibility index (Phi) is 4.71. The average Bonchev–Trinajstić information content (AvgIpc) is 3.25. The van der Waals surface area contributed by atoms with Gasteiger partial charge in [0.2, 0.25) is 0 Å². The highest BCUT2D eigenvalue weighted by molar-refractivity contribution is 7.09. The van der Waals surface area contributed by atoms with Gasteiger partial charge in [-0.05, 0) is 47.2 Å². The highest BCUT2D eigenvalue weighted by Crippen LogP contribution is 2.37. The van der Waals surface area contributed by atoms with Gasteiger partial charge in [-0.2, -0.15) is 0 Å². The molecule has 0 radical (unpaired) electrons. The number of nitrogens with one attached hydrogen (secondary N) is 2. The van der Waals surface area contributed by atoms with Crippen LogP contribution in [0.4, 0.5) is 10.5 Å². The second-order valence-electron chi connectivity index (χ2n) is 6.42. The number of anilines is 1. The van der Waals surface area contributed by atoms with E-state index < -0.39 is 0 Å². The molecule has 0 saturated carbocycles. The number of benzene rings is 2. The third-order valence-electron chi connectivity index (χ3n) is 4.62. The van der Waals surface area contributed by atoms with E-state index in [9.17, 15) is 4.79 Å². The Morgan fingerprint density at radius 2 is 2.00 bits per heavy atom. The predicted molar refractivity (Wildman–Crippen MR) is 107 cm³/mol. The molecule has 2 N–H and O–H groups in total. The van der Waals surface area contributed by atoms with Crippen LogP contribution in [-0.4, -0.2) is 17.6 Å². The fourth-order valence-corrected chi connectivity index (χ4v) is 4.11. The first kappa shape index (κ1) is 16.8. The maximum absolute atomic E-state index is 12.1. The molecule has 0 bridgehead atoms. The van der Waals surface area contributed by atoms with Crippen LogP contribution in [0.2, 0.25) is 0 Å². The summed E-state index contributed by atoms with van der Waals surface area (Å²) >= 11 is 1.68. The Bertz CT molecular complexity index is 948. The number of amides is 2. The van der Waals surface area contributed by atoms with E-state index in [1.165, 1.54) is 22.3 Å². The summed E-state index contributed by atoms with van der Waals surface area (Å²) in [4.78, 5) is 16.7. The van der Waals surface area contributed by atoms with E-state index in [0.717, 1.165) is 35.7 Å². The van der Waals surface area contributed by atoms with Crippen LogP contribution in [0, 0.1) is 0 Å². The summed E-state index contributed by atoms with van der Waals surface area (Å²) in [6, 6.07) is 14.4. The number of nitrogens with zero attached hydrogens (tertiary/aromatic N) is 1. The number of aromatic nitrogens is 1. The smallest absolute Gasteiger partial charge is 0.319 e. The van der Waals surface area contributed by atoms with E-state index >= 15 is 0 Å². The third kappa shape index (κ3) is 3.48. The summed E-state index contributed by atoms with van der Waals surface area (Å²) in [5, 5.41) is 9.05. The molecule has 4 rings (SSSR count). The van der Waals surface area contributed by atoms with E-state index in [-0.39, 0.29) is 6.03 Å². The van der Waals surface area contributed by atoms with Crippen molar-refractivity contribution in [2.24, 2.45) is 0 Å². The highest BCUT2D eigenvalue weighted by atomic mass is 32.1. The molecule has 2 amide bonds. The van der Waals surface area contributed by atoms with Crippen molar-refractivity contribution in [1.82, 2.24) is 10.3 Å². The molecule has 0 atom stereocenters. The number of thiazole rings is 1. The maximum atomic E-state index is 12.1. The minimum atomic E-state index is -0.175. The van der Waals surface area contributed by atoms with Crippen LogP contribution in [-0.2, 0) is 19.3 Å². The molecule has 5 heteroatoms. The van der Waals surface area contributed by atoms with Gasteiger partial charge in [0.25, 0.3) is 0 Å². The molecule has 132 valence electrons. The van der Waals surface area contributed by atoms with Crippen molar-refractivity contribution in [3.63, 3.8) is 0 Å². The van der Waals surface area contributed by atoms with Crippen molar-refractivity contribution in [2.75, 3.05) is 11.9 Å². The first-order chi connectivity index (χ1) is 12.7. The molecule has 3 aromatic rings. The van der Waals surface area contributed by atoms with Gasteiger partial charge in [0, 0.05) is 24.0 Å². The Morgan fingerprint density at radius 1 is 1.15 bits per heavy atom. The third-order valence-corrected chi connectivity index (χ3v) is 5.66. The molecular formula is C21H21N3OS. The largest absolute Gasteiger partial charge is 0.337 e. The molecule has 1 heterocycles. The van der Waals surface area contributed by atoms with Crippen LogP contribution in [0.5, 0.6) is 0 Å². The highest BCUT2D eigenvalue weighted by Gasteiger charge is 2.18. The van der Waals surface area contributed by atoms with Gasteiger partial charge in [-0.1, -0.05) is 37.3 Å². The molecule has 1 aliphatic carbocycles. The second kappa shape index (κ2) is 7.30. The van der Waals surface area contributed by atoms with Crippen molar-refractivity contribution < 1.29 is 4.79 Å². The van der Waals surface area contributed by atoms with Gasteiger partial charge >= 0.3 is 6.03 Å². The molecule has 0 fully saturated rings. The molecule has 0 spiro atoms. The molecule has 1 aromatic heterocycles. The molecule has 2 aromatic carbocycles. The van der Waals surface area contributed by atoms with Crippen molar-refractivity contribution in [3.05, 3.63) is 69.7 Å². The van der Waals surface area contributed by atoms with Crippen molar-refractivity contribution in [1.29, 1.82) is 0 Å². The summed E-state index contributed by atoms with van der Waals surface area (Å²) in [5.74, 6) is 0. The lowest BCUT2D eigenvalue weighted by molar-refractivity contribution is 0.252. The first-order valence-corrected chi connectivity index (χ1v) is 9.80. The predicted octanol–water partition coefficient (Wildman–Crippen LogP) is 4.64. The van der Waals surface area contributed by atoms with E-state index in [1.807, 2.05) is 6.07 Å². The quantitative estimate of drug-likeness (QED) is 0.543. The van der Waals surface area contributed by atoms with Crippen LogP contribution in [0.3, 0.4) is 0 Å². The van der Waals surface area contributed by atoms with Crippen molar-refractivity contribution in [3.8, 4) is 11.1 Å². The SMILES string of the molecule is CCc1nc(CCNC(=O)Nc2ccc3c(c2)Cc2ccccc2-3)cs1. The summed E-state index contributed by atoms with van der Waals surface area (Å²) in [7, 11) is 0. The van der Waals surface area contributed by atoms with E-state index in [1.54, 1.807) is 11.3 Å². The zero-order valence-electron chi connectivity index (χ0n) is 14.7. The molecule has 26 heavy (non-hydrogen) atoms. The lowest BCUT2D eigenvalue weighted by atomic mass is 10.1. The Hall–Kier alpha value is -2.66. The standard InChI is InChI=1S/C21H21N3OS/c1-2-20-23-17(13-26-20)9-10-22-21(25)24-16-7-8-19-15(12-16)11-14-5-3-4-6-18(14)19/h3-8,12-13H,2,9-11H2,1H3,(H2,22,24,25). The van der Waals surface area contributed by atoms with Crippen molar-refractivity contribution >= 4 is 23.1 Å². The molecule has 1 aliphatic rings. The fraction of sp³-hybridized carbons (Fsp3) is 0.238. The monoisotopic (exact) mass is 363 g/mol. The molecule has 0 unspecified atom stereocenters. The van der Waals surface area contributed by atoms with Crippen LogP contribution in [0.15, 0.2) is 47.8 Å². The van der Waals surface area contributed by atoms with Gasteiger partial charge in [0.15, 0.2) is 0 Å². The maximum Gasteiger partial charge on any atom is 0.319 e. The minimum absolute atomic E-state index is 0.175. The van der Waals surface area contributed by atoms with Gasteiger partial charge in [-0.3, -0.25) is 0 Å². The van der Waals surface area contributed by atoms with Gasteiger partial charge in [-0.15, -0.1) is 11.3 Å². The number of hydrogen-bond acceptors (Lipinski definition) is 3. The number of fused-ring (bicyclic) bond motifs is 3. The van der Waals surface area contributed by atoms with E-state index in [4.69, 9.17) is 0 Å². The first-order valence-electron chi connectivity index (χ1n) is 8.92. The summed E-state index contributed by atoms with van der Waals surface area (Å²) in [6.07, 6.45) is 2.64. The molecule has 4 nitrogen and oxygen atoms in total. The topological polar surface area (TPSA) is 54.0 Å². The van der Waals surface area contributed by atoms with E-state index in [0.29, 0.717) is 6.54 Å². The number of aryl methyl sites for hydroxylation is 1. The Balaban J connectivity index is 1.33. The number of carbonyl (C=O) groups excluding carboxylic acids is 1. The van der Waals surface area contributed by atoms with Gasteiger partial charge in [0.1, 0.15) is 0 Å². The Morgan fingerprint density at radius 3 is 2.85 bits per heavy atom. The van der Waals surface area contributed by atoms with Crippen molar-refractivity contribution in [2.45, 2.75) is 26.2 Å². The minimum Gasteiger partial charge on any atom is -0.337 e. The van der Waals surface area contributed by atoms with Gasteiger partial charge in [0.05, 0.1) is 10.7 Å². The van der Waals surface area contributed by atoms with Crippen LogP contribution in [0.25, 0.3) is 11.1 Å². The molecule has 0 aliphatic heterocycles. The fourth-order valence-electron chi connectivity index (χ4n) is 3.33. The number of hydrogen-bond donors (Lipinski definition) is 2. The number of carbonyl (C=O) groups is 1. The normalized spacial score (nSPS) is 11.7. The lowest BCUT2D eigenvalue weighted by Gasteiger charge is -2.09. The van der Waals surface area contributed by atoms with Crippen LogP contribution in [0.1, 0.15) is 28.8 Å². The van der Waals surface area contributed by atoms with Gasteiger partial charge in [-0.25, -0.2) is 9.78 Å². The van der Waals surface area contributed by atoms with Crippen LogP contribution < -0.4 is 10.6 Å². The summed E-state index contributed by atoms with van der Waals surface area (Å²) in [5.41, 5.74) is 7.05. The number of rotatable bonds is 5. The average molecular weight is 363 g/mol. The number of urea groups is 1. The molecule has 0 saturated heterocycles. The zero-order chi connectivity index (χ0) is 17.9. The lowest BCUT2D eigenvalue weighted by Crippen LogP contribution is -2.30.